The fourth-order valence-electron chi connectivity index (χ4n) is 3.28. The van der Waals surface area contributed by atoms with Crippen molar-refractivity contribution in [1.29, 1.82) is 0 Å². The van der Waals surface area contributed by atoms with Gasteiger partial charge in [-0.1, -0.05) is 30.3 Å². The van der Waals surface area contributed by atoms with Gasteiger partial charge in [-0.25, -0.2) is 0 Å². The van der Waals surface area contributed by atoms with Crippen molar-refractivity contribution in [2.75, 3.05) is 16.8 Å². The molecule has 140 valence electrons. The summed E-state index contributed by atoms with van der Waals surface area (Å²) in [5.74, 6) is -1.33. The summed E-state index contributed by atoms with van der Waals surface area (Å²) in [6.45, 7) is 2.25. The van der Waals surface area contributed by atoms with Crippen LogP contribution in [-0.2, 0) is 19.8 Å². The standard InChI is InChI=1S/C21H22N2O4/c1-21(20(26)27,15-6-3-2-4-7-15)14-18(24)22-16-9-11-17(12-10-16)23-13-5-8-19(23)25/h2-4,6-7,9-12H,5,8,13-14H2,1H3,(H,22,24)(H,26,27)/t21-/m0/s1. The van der Waals surface area contributed by atoms with Gasteiger partial charge in [0.2, 0.25) is 11.8 Å². The third kappa shape index (κ3) is 4.00. The van der Waals surface area contributed by atoms with Gasteiger partial charge in [0.15, 0.2) is 0 Å². The number of amides is 2. The molecule has 1 atom stereocenters. The molecule has 1 fully saturated rings. The van der Waals surface area contributed by atoms with Crippen molar-refractivity contribution in [2.45, 2.75) is 31.6 Å². The minimum atomic E-state index is -1.31. The van der Waals surface area contributed by atoms with Gasteiger partial charge in [-0.3, -0.25) is 14.4 Å². The van der Waals surface area contributed by atoms with E-state index in [0.717, 1.165) is 12.1 Å². The van der Waals surface area contributed by atoms with Gasteiger partial charge in [0.25, 0.3) is 0 Å². The minimum absolute atomic E-state index is 0.104. The number of hydrogen-bond acceptors (Lipinski definition) is 3. The van der Waals surface area contributed by atoms with Crippen LogP contribution < -0.4 is 10.2 Å². The van der Waals surface area contributed by atoms with E-state index in [0.29, 0.717) is 24.2 Å². The number of rotatable bonds is 6. The molecular formula is C21H22N2O4. The van der Waals surface area contributed by atoms with E-state index in [9.17, 15) is 19.5 Å². The largest absolute Gasteiger partial charge is 0.481 e. The van der Waals surface area contributed by atoms with Crippen LogP contribution in [0.25, 0.3) is 0 Å². The van der Waals surface area contributed by atoms with E-state index in [-0.39, 0.29) is 18.2 Å². The van der Waals surface area contributed by atoms with E-state index in [1.54, 1.807) is 66.4 Å². The number of benzene rings is 2. The summed E-state index contributed by atoms with van der Waals surface area (Å²) < 4.78 is 0. The maximum absolute atomic E-state index is 12.5. The van der Waals surface area contributed by atoms with Crippen LogP contribution in [0.15, 0.2) is 54.6 Å². The Kier molecular flexibility index (Phi) is 5.26. The molecule has 1 aliphatic heterocycles. The molecule has 2 aromatic carbocycles. The first kappa shape index (κ1) is 18.6. The molecule has 1 saturated heterocycles. The zero-order chi connectivity index (χ0) is 19.4. The molecule has 0 saturated carbocycles. The van der Waals surface area contributed by atoms with Crippen molar-refractivity contribution in [1.82, 2.24) is 0 Å². The van der Waals surface area contributed by atoms with Crippen LogP contribution in [0.4, 0.5) is 11.4 Å². The zero-order valence-corrected chi connectivity index (χ0v) is 15.1. The summed E-state index contributed by atoms with van der Waals surface area (Å²) >= 11 is 0. The molecule has 1 heterocycles. The summed E-state index contributed by atoms with van der Waals surface area (Å²) in [7, 11) is 0. The second-order valence-corrected chi connectivity index (χ2v) is 6.92. The molecule has 2 N–H and O–H groups in total. The minimum Gasteiger partial charge on any atom is -0.481 e. The van der Waals surface area contributed by atoms with E-state index in [1.807, 2.05) is 0 Å². The molecule has 1 aliphatic rings. The van der Waals surface area contributed by atoms with Crippen molar-refractivity contribution in [3.8, 4) is 0 Å². The Labute approximate surface area is 157 Å². The quantitative estimate of drug-likeness (QED) is 0.822. The molecule has 6 heteroatoms. The maximum atomic E-state index is 12.5. The number of hydrogen-bond donors (Lipinski definition) is 2. The number of carbonyl (C=O) groups is 3. The second kappa shape index (κ2) is 7.61. The molecule has 27 heavy (non-hydrogen) atoms. The van der Waals surface area contributed by atoms with Crippen molar-refractivity contribution < 1.29 is 19.5 Å². The number of carboxylic acid groups (broad SMARTS) is 1. The fourth-order valence-corrected chi connectivity index (χ4v) is 3.28. The molecule has 2 aromatic rings. The normalized spacial score (nSPS) is 16.0. The van der Waals surface area contributed by atoms with Crippen LogP contribution in [0, 0.1) is 0 Å². The number of carboxylic acids is 1. The van der Waals surface area contributed by atoms with Crippen LogP contribution in [0.1, 0.15) is 31.7 Å². The maximum Gasteiger partial charge on any atom is 0.314 e. The van der Waals surface area contributed by atoms with Crippen molar-refractivity contribution in [3.63, 3.8) is 0 Å². The lowest BCUT2D eigenvalue weighted by molar-refractivity contribution is -0.145. The highest BCUT2D eigenvalue weighted by Crippen LogP contribution is 2.29. The Morgan fingerprint density at radius 3 is 2.33 bits per heavy atom. The van der Waals surface area contributed by atoms with Gasteiger partial charge in [0.1, 0.15) is 0 Å². The summed E-state index contributed by atoms with van der Waals surface area (Å²) in [6, 6.07) is 15.8. The smallest absolute Gasteiger partial charge is 0.314 e. The predicted molar refractivity (Wildman–Crippen MR) is 103 cm³/mol. The lowest BCUT2D eigenvalue weighted by atomic mass is 9.79. The Hall–Kier alpha value is -3.15. The first-order valence-corrected chi connectivity index (χ1v) is 8.89. The Bertz CT molecular complexity index is 848. The SMILES string of the molecule is C[C@@](CC(=O)Nc1ccc(N2CCCC2=O)cc1)(C(=O)O)c1ccccc1. The third-order valence-electron chi connectivity index (χ3n) is 4.93. The van der Waals surface area contributed by atoms with Gasteiger partial charge < -0.3 is 15.3 Å². The van der Waals surface area contributed by atoms with Gasteiger partial charge in [-0.15, -0.1) is 0 Å². The van der Waals surface area contributed by atoms with Crippen molar-refractivity contribution in [2.24, 2.45) is 0 Å². The fraction of sp³-hybridized carbons (Fsp3) is 0.286. The lowest BCUT2D eigenvalue weighted by Gasteiger charge is -2.24. The van der Waals surface area contributed by atoms with E-state index in [2.05, 4.69) is 5.32 Å². The molecular weight excluding hydrogens is 344 g/mol. The van der Waals surface area contributed by atoms with Crippen LogP contribution in [-0.4, -0.2) is 29.4 Å². The van der Waals surface area contributed by atoms with Crippen molar-refractivity contribution in [3.05, 3.63) is 60.2 Å². The van der Waals surface area contributed by atoms with E-state index >= 15 is 0 Å². The molecule has 3 rings (SSSR count). The van der Waals surface area contributed by atoms with Gasteiger partial charge in [-0.2, -0.15) is 0 Å². The van der Waals surface area contributed by atoms with Crippen molar-refractivity contribution >= 4 is 29.2 Å². The predicted octanol–water partition coefficient (Wildman–Crippen LogP) is 3.18. The van der Waals surface area contributed by atoms with Gasteiger partial charge >= 0.3 is 5.97 Å². The second-order valence-electron chi connectivity index (χ2n) is 6.92. The highest BCUT2D eigenvalue weighted by molar-refractivity contribution is 5.97. The summed E-state index contributed by atoms with van der Waals surface area (Å²) in [4.78, 5) is 37.8. The first-order chi connectivity index (χ1) is 12.9. The Morgan fingerprint density at radius 2 is 1.78 bits per heavy atom. The number of aliphatic carboxylic acids is 1. The molecule has 2 amide bonds. The Morgan fingerprint density at radius 1 is 1.11 bits per heavy atom. The van der Waals surface area contributed by atoms with Gasteiger partial charge in [-0.05, 0) is 43.2 Å². The number of nitrogens with one attached hydrogen (secondary N) is 1. The van der Waals surface area contributed by atoms with Crippen LogP contribution in [0.2, 0.25) is 0 Å². The van der Waals surface area contributed by atoms with Crippen LogP contribution >= 0.6 is 0 Å². The first-order valence-electron chi connectivity index (χ1n) is 8.89. The number of anilines is 2. The third-order valence-corrected chi connectivity index (χ3v) is 4.93. The molecule has 0 radical (unpaired) electrons. The highest BCUT2D eigenvalue weighted by Gasteiger charge is 2.37. The molecule has 0 aliphatic carbocycles. The number of nitrogens with zero attached hydrogens (tertiary/aromatic N) is 1. The summed E-state index contributed by atoms with van der Waals surface area (Å²) in [5.41, 5.74) is 0.634. The van der Waals surface area contributed by atoms with Crippen LogP contribution in [0.5, 0.6) is 0 Å². The number of carbonyl (C=O) groups excluding carboxylic acids is 2. The topological polar surface area (TPSA) is 86.7 Å². The molecule has 0 bridgehead atoms. The van der Waals surface area contributed by atoms with E-state index < -0.39 is 11.4 Å². The summed E-state index contributed by atoms with van der Waals surface area (Å²) in [6.07, 6.45) is 1.23. The van der Waals surface area contributed by atoms with Crippen LogP contribution in [0.3, 0.4) is 0 Å². The summed E-state index contributed by atoms with van der Waals surface area (Å²) in [5, 5.41) is 12.4. The molecule has 6 nitrogen and oxygen atoms in total. The average Bonchev–Trinajstić information content (AvgIpc) is 3.08. The average molecular weight is 366 g/mol. The van der Waals surface area contributed by atoms with Gasteiger partial charge in [0, 0.05) is 30.8 Å². The molecule has 0 aromatic heterocycles. The van der Waals surface area contributed by atoms with Gasteiger partial charge in [0.05, 0.1) is 5.41 Å². The zero-order valence-electron chi connectivity index (χ0n) is 15.1. The Balaban J connectivity index is 1.69. The monoisotopic (exact) mass is 366 g/mol. The highest BCUT2D eigenvalue weighted by atomic mass is 16.4. The molecule has 0 unspecified atom stereocenters. The lowest BCUT2D eigenvalue weighted by Crippen LogP contribution is -2.36. The van der Waals surface area contributed by atoms with E-state index in [1.165, 1.54) is 0 Å². The molecule has 0 spiro atoms. The van der Waals surface area contributed by atoms with E-state index in [4.69, 9.17) is 0 Å².